The van der Waals surface area contributed by atoms with Gasteiger partial charge in [0.2, 0.25) is 6.29 Å². The van der Waals surface area contributed by atoms with Crippen LogP contribution in [0.3, 0.4) is 0 Å². The summed E-state index contributed by atoms with van der Waals surface area (Å²) in [6.45, 7) is 9.52. The van der Waals surface area contributed by atoms with Crippen molar-refractivity contribution in [1.29, 1.82) is 0 Å². The zero-order chi connectivity index (χ0) is 77.6. The molecule has 3 aliphatic heterocycles. The summed E-state index contributed by atoms with van der Waals surface area (Å²) in [6.07, 6.45) is 2.91. The number of aromatic nitrogens is 4. The van der Waals surface area contributed by atoms with Gasteiger partial charge in [-0.3, -0.25) is 33.8 Å². The Kier molecular flexibility index (Phi) is 24.8. The number of unbranched alkanes of at least 4 members (excludes halogenated alkanes) is 3. The lowest BCUT2D eigenvalue weighted by Gasteiger charge is -2.69. The van der Waals surface area contributed by atoms with Crippen LogP contribution in [0, 0.1) is 23.2 Å². The number of rotatable bonds is 37. The number of carbonyl (C=O) groups excluding carboxylic acids is 4. The number of nitrogens with one attached hydrogen (secondary N) is 3. The van der Waals surface area contributed by atoms with E-state index in [4.69, 9.17) is 43.2 Å². The third-order valence-corrected chi connectivity index (χ3v) is 23.3. The van der Waals surface area contributed by atoms with Gasteiger partial charge < -0.3 is 79.1 Å². The predicted octanol–water partition coefficient (Wildman–Crippen LogP) is 6.77. The van der Waals surface area contributed by atoms with Crippen LogP contribution in [0.1, 0.15) is 128 Å². The highest BCUT2D eigenvalue weighted by Crippen LogP contribution is 2.72. The molecule has 4 saturated carbocycles. The monoisotopic (exact) mass is 1550 g/mol. The van der Waals surface area contributed by atoms with E-state index in [9.17, 15) is 67.3 Å². The fourth-order valence-electron chi connectivity index (χ4n) is 17.7. The number of ether oxygens (including phenoxy) is 7. The summed E-state index contributed by atoms with van der Waals surface area (Å²) in [4.78, 5) is 91.3. The van der Waals surface area contributed by atoms with E-state index >= 15 is 0 Å². The van der Waals surface area contributed by atoms with Gasteiger partial charge in [-0.25, -0.2) is 24.4 Å². The molecule has 7 aliphatic rings. The van der Waals surface area contributed by atoms with E-state index in [-0.39, 0.29) is 104 Å². The summed E-state index contributed by atoms with van der Waals surface area (Å²) in [7, 11) is -1.24. The van der Waals surface area contributed by atoms with Crippen LogP contribution in [0.2, 0.25) is 0 Å². The standard InChI is InChI=1S/C76H96N10O21S2/c1-46-53(51-18-20-59(81-62(51)68(93)94)84-27-23-50-54(36-84)52(17-19-56(50)102-5)67(92)82-71-80-55-13-8-9-14-58(55)108-71)35-79-86(46)45-75-40-73(2)39-74(3,41-75)43-76(42-73,44-75)105-32-29-83(28-31-101-4)72(97)104-37-47-15-16-49(106-70-65(91)63(89)64(90)66(107-70)69(95)96)33-57(47)103-30-12-24-77-34-48(38-109(98,99)100)78-25-10-6-7-11-26-85-60(87)21-22-61(85)88/h8-9,13-22,33,35,48,63-66,70,77-78,89-91H,6-7,10-12,23-32,34,36-45H2,1-5H3,(H,93,94)(H,95,96)(H,80,82,92)(H,98,99,100)/t48-,63+,64+,65-,66+,70-,73?,74?,75?,76?/m1/s1. The highest BCUT2D eigenvalue weighted by atomic mass is 32.2. The number of nitrogens with zero attached hydrogens (tertiary/aromatic N) is 7. The SMILES string of the molecule is COCCN(CCOC12CC3(C)CC(C)(CC(Cn4ncc(-c5ccc(N6CCc7c(OC)ccc(C(=O)Nc8nc9ccccc9s8)c7C6)nc5C(=O)O)c4C)(C3)C1)C2)C(=O)OCc1ccc(O[C@@H]2O[C@H](C(=O)O)[C@@H](O)[C@H](O)[C@H]2O)cc1OCCCNC[C@H](CS(=O)(=O)O)NCCCCCCN1C(=O)C=CC1=O. The first kappa shape index (κ1) is 79.8. The van der Waals surface area contributed by atoms with Gasteiger partial charge in [0, 0.05) is 111 Å². The molecule has 8 atom stereocenters. The van der Waals surface area contributed by atoms with E-state index in [0.29, 0.717) is 97.4 Å². The molecule has 588 valence electrons. The van der Waals surface area contributed by atoms with Crippen molar-refractivity contribution in [3.05, 3.63) is 119 Å². The van der Waals surface area contributed by atoms with Crippen molar-refractivity contribution >= 4 is 78.4 Å². The van der Waals surface area contributed by atoms with E-state index in [1.807, 2.05) is 46.8 Å². The first-order valence-electron chi connectivity index (χ1n) is 36.8. The van der Waals surface area contributed by atoms with Crippen molar-refractivity contribution in [3.8, 4) is 28.4 Å². The number of aliphatic hydroxyl groups is 3. The molecule has 3 aromatic carbocycles. The Labute approximate surface area is 634 Å². The molecule has 0 spiro atoms. The molecule has 33 heteroatoms. The number of carboxylic acids is 2. The number of aliphatic hydroxyl groups excluding tert-OH is 3. The second-order valence-electron chi connectivity index (χ2n) is 30.3. The van der Waals surface area contributed by atoms with E-state index in [1.165, 1.54) is 58.6 Å². The van der Waals surface area contributed by atoms with E-state index in [2.05, 4.69) is 34.8 Å². The minimum Gasteiger partial charge on any atom is -0.496 e. The summed E-state index contributed by atoms with van der Waals surface area (Å²) >= 11 is 1.39. The van der Waals surface area contributed by atoms with Gasteiger partial charge in [-0.15, -0.1) is 0 Å². The number of carbonyl (C=O) groups is 6. The first-order valence-corrected chi connectivity index (χ1v) is 39.2. The summed E-state index contributed by atoms with van der Waals surface area (Å²) in [5.41, 5.74) is 4.00. The molecule has 6 aromatic rings. The largest absolute Gasteiger partial charge is 0.496 e. The number of pyridine rings is 1. The summed E-state index contributed by atoms with van der Waals surface area (Å²) in [5.74, 6) is -3.11. The van der Waals surface area contributed by atoms with E-state index in [0.717, 1.165) is 78.4 Å². The number of aromatic carboxylic acids is 1. The minimum atomic E-state index is -4.36. The van der Waals surface area contributed by atoms with Crippen LogP contribution in [-0.4, -0.2) is 232 Å². The molecule has 9 N–H and O–H groups in total. The van der Waals surface area contributed by atoms with Crippen LogP contribution in [0.4, 0.5) is 15.7 Å². The molecule has 2 unspecified atom stereocenters. The number of aliphatic carboxylic acids is 1. The van der Waals surface area contributed by atoms with Gasteiger partial charge in [0.25, 0.3) is 27.8 Å². The molecule has 4 aliphatic carbocycles. The number of para-hydroxylation sites is 1. The second-order valence-corrected chi connectivity index (χ2v) is 32.8. The Bertz CT molecular complexity index is 4430. The number of imide groups is 1. The van der Waals surface area contributed by atoms with Crippen molar-refractivity contribution in [2.45, 2.75) is 160 Å². The lowest BCUT2D eigenvalue weighted by atomic mass is 9.39. The van der Waals surface area contributed by atoms with Gasteiger partial charge >= 0.3 is 18.0 Å². The molecule has 4 amide bonds. The molecular weight excluding hydrogens is 1450 g/mol. The summed E-state index contributed by atoms with van der Waals surface area (Å²) in [6, 6.07) is 18.5. The third kappa shape index (κ3) is 18.8. The maximum Gasteiger partial charge on any atom is 0.410 e. The molecule has 1 saturated heterocycles. The zero-order valence-electron chi connectivity index (χ0n) is 61.7. The molecule has 0 radical (unpaired) electrons. The van der Waals surface area contributed by atoms with Gasteiger partial charge in [-0.2, -0.15) is 13.5 Å². The number of thiazole rings is 1. The number of methoxy groups -OCH3 is 2. The number of amides is 4. The number of anilines is 2. The Morgan fingerprint density at radius 1 is 0.807 bits per heavy atom. The zero-order valence-corrected chi connectivity index (χ0v) is 63.3. The highest BCUT2D eigenvalue weighted by Gasteiger charge is 2.66. The molecule has 4 bridgehead atoms. The van der Waals surface area contributed by atoms with Crippen molar-refractivity contribution in [2.24, 2.45) is 16.2 Å². The summed E-state index contributed by atoms with van der Waals surface area (Å²) in [5, 5.41) is 67.0. The first-order chi connectivity index (χ1) is 52.1. The Hall–Kier alpha value is -8.74. The number of hydrogen-bond acceptors (Lipinski definition) is 25. The quantitative estimate of drug-likeness (QED) is 0.0110. The second kappa shape index (κ2) is 33.9. The molecule has 6 heterocycles. The molecule has 3 aromatic heterocycles. The predicted molar refractivity (Wildman–Crippen MR) is 398 cm³/mol. The Morgan fingerprint density at radius 2 is 1.56 bits per heavy atom. The van der Waals surface area contributed by atoms with Crippen molar-refractivity contribution in [1.82, 2.24) is 40.2 Å². The van der Waals surface area contributed by atoms with Gasteiger partial charge in [0.1, 0.15) is 48.0 Å². The lowest BCUT2D eigenvalue weighted by Crippen LogP contribution is -2.64. The average molecular weight is 1550 g/mol. The molecule has 13 rings (SSSR count). The summed E-state index contributed by atoms with van der Waals surface area (Å²) < 4.78 is 78.5. The lowest BCUT2D eigenvalue weighted by molar-refractivity contribution is -0.271. The van der Waals surface area contributed by atoms with Crippen LogP contribution >= 0.6 is 11.3 Å². The number of benzene rings is 3. The normalized spacial score (nSPS) is 24.5. The van der Waals surface area contributed by atoms with Gasteiger partial charge in [0.15, 0.2) is 16.9 Å². The molecule has 109 heavy (non-hydrogen) atoms. The van der Waals surface area contributed by atoms with Crippen LogP contribution in [0.15, 0.2) is 85.1 Å². The third-order valence-electron chi connectivity index (χ3n) is 21.5. The van der Waals surface area contributed by atoms with Crippen LogP contribution in [-0.2, 0) is 69.6 Å². The molecule has 5 fully saturated rings. The van der Waals surface area contributed by atoms with Crippen LogP contribution in [0.5, 0.6) is 17.2 Å². The Balaban J connectivity index is 0.680. The fourth-order valence-corrected chi connectivity index (χ4v) is 19.3. The van der Waals surface area contributed by atoms with Crippen molar-refractivity contribution in [3.63, 3.8) is 0 Å². The number of hydrogen-bond donors (Lipinski definition) is 9. The van der Waals surface area contributed by atoms with Crippen LogP contribution in [0.25, 0.3) is 21.3 Å². The molecular formula is C76H96N10O21S2. The maximum absolute atomic E-state index is 14.3. The van der Waals surface area contributed by atoms with E-state index in [1.54, 1.807) is 31.5 Å². The Morgan fingerprint density at radius 3 is 2.28 bits per heavy atom. The average Bonchev–Trinajstić information content (AvgIpc) is 0.808. The number of carboxylic acid groups (broad SMARTS) is 2. The topological polar surface area (TPSA) is 412 Å². The maximum atomic E-state index is 14.3. The van der Waals surface area contributed by atoms with Crippen molar-refractivity contribution < 1.29 is 100 Å². The van der Waals surface area contributed by atoms with Crippen molar-refractivity contribution in [2.75, 3.05) is 95.8 Å². The van der Waals surface area contributed by atoms with Gasteiger partial charge in [-0.1, -0.05) is 50.2 Å². The van der Waals surface area contributed by atoms with Crippen LogP contribution < -0.4 is 35.1 Å². The number of fused-ring (bicyclic) bond motifs is 2. The van der Waals surface area contributed by atoms with Gasteiger partial charge in [-0.05, 0) is 155 Å². The smallest absolute Gasteiger partial charge is 0.410 e. The van der Waals surface area contributed by atoms with E-state index < -0.39 is 76.3 Å². The minimum absolute atomic E-state index is 0.00905. The highest BCUT2D eigenvalue weighted by molar-refractivity contribution is 7.85. The van der Waals surface area contributed by atoms with Gasteiger partial charge in [0.05, 0.1) is 54.7 Å². The molecule has 31 nitrogen and oxygen atoms in total. The fraction of sp³-hybridized carbons (Fsp3) is 0.539.